The van der Waals surface area contributed by atoms with Gasteiger partial charge in [-0.15, -0.1) is 0 Å². The first-order valence-electron chi connectivity index (χ1n) is 10.9. The lowest BCUT2D eigenvalue weighted by Gasteiger charge is -2.41. The maximum absolute atomic E-state index is 12.0. The molecule has 0 unspecified atom stereocenters. The number of hydrogen-bond donors (Lipinski definition) is 2. The van der Waals surface area contributed by atoms with Crippen LogP contribution >= 0.6 is 0 Å². The molecule has 2 N–H and O–H groups in total. The van der Waals surface area contributed by atoms with Crippen molar-refractivity contribution in [1.29, 1.82) is 0 Å². The third-order valence-electron chi connectivity index (χ3n) is 6.04. The Morgan fingerprint density at radius 1 is 1.35 bits per heavy atom. The minimum Gasteiger partial charge on any atom is -0.488 e. The highest BCUT2D eigenvalue weighted by Crippen LogP contribution is 2.32. The number of β-amino-alcohol motifs (C(OH)–C–C–N with tert-alkyl or cyclic N) is 1. The summed E-state index contributed by atoms with van der Waals surface area (Å²) in [6, 6.07) is 6.19. The van der Waals surface area contributed by atoms with Gasteiger partial charge in [0.25, 0.3) is 0 Å². The number of nitrogens with zero attached hydrogens (tertiary/aromatic N) is 5. The van der Waals surface area contributed by atoms with E-state index >= 15 is 0 Å². The monoisotopic (exact) mass is 424 g/mol. The van der Waals surface area contributed by atoms with Crippen molar-refractivity contribution >= 4 is 17.2 Å². The molecule has 2 atom stereocenters. The predicted molar refractivity (Wildman–Crippen MR) is 116 cm³/mol. The second kappa shape index (κ2) is 7.97. The number of aliphatic hydroxyl groups is 1. The number of likely N-dealkylation sites (tertiary alicyclic amines) is 1. The molecule has 2 aliphatic rings. The van der Waals surface area contributed by atoms with Crippen LogP contribution in [0.5, 0.6) is 5.75 Å². The van der Waals surface area contributed by atoms with E-state index in [1.807, 2.05) is 43.0 Å². The van der Waals surface area contributed by atoms with Crippen LogP contribution in [0.1, 0.15) is 26.2 Å². The van der Waals surface area contributed by atoms with Crippen LogP contribution in [-0.4, -0.2) is 67.2 Å². The van der Waals surface area contributed by atoms with Crippen LogP contribution in [0.25, 0.3) is 16.8 Å². The number of aryl methyl sites for hydroxylation is 1. The molecule has 1 aliphatic carbocycles. The molecule has 1 amide bonds. The molecule has 31 heavy (non-hydrogen) atoms. The lowest BCUT2D eigenvalue weighted by Crippen LogP contribution is -2.53. The SMILES string of the molecule is C[C@@H](O)CN1CC[C@@H]1COc1cnn(C)c1-c1ccn2nc(NC(=O)C3CC3)cc2c1. The fourth-order valence-corrected chi connectivity index (χ4v) is 4.08. The molecule has 0 radical (unpaired) electrons. The molecule has 9 heteroatoms. The average molecular weight is 425 g/mol. The van der Waals surface area contributed by atoms with Crippen LogP contribution in [0.4, 0.5) is 5.82 Å². The van der Waals surface area contributed by atoms with Gasteiger partial charge in [-0.05, 0) is 38.3 Å². The van der Waals surface area contributed by atoms with Crippen LogP contribution < -0.4 is 10.1 Å². The molecular formula is C22H28N6O3. The number of anilines is 1. The molecule has 4 heterocycles. The summed E-state index contributed by atoms with van der Waals surface area (Å²) in [5, 5.41) is 21.4. The van der Waals surface area contributed by atoms with E-state index in [2.05, 4.69) is 20.4 Å². The lowest BCUT2D eigenvalue weighted by molar-refractivity contribution is -0.117. The Morgan fingerprint density at radius 3 is 2.90 bits per heavy atom. The highest BCUT2D eigenvalue weighted by Gasteiger charge is 2.30. The van der Waals surface area contributed by atoms with Crippen molar-refractivity contribution in [1.82, 2.24) is 24.3 Å². The zero-order valence-corrected chi connectivity index (χ0v) is 17.9. The first-order chi connectivity index (χ1) is 15.0. The molecule has 3 aromatic rings. The van der Waals surface area contributed by atoms with Crippen LogP contribution in [-0.2, 0) is 11.8 Å². The Kier molecular flexibility index (Phi) is 5.15. The zero-order valence-electron chi connectivity index (χ0n) is 17.9. The van der Waals surface area contributed by atoms with Crippen molar-refractivity contribution in [2.75, 3.05) is 25.0 Å². The summed E-state index contributed by atoms with van der Waals surface area (Å²) in [6.45, 7) is 4.05. The Morgan fingerprint density at radius 2 is 2.19 bits per heavy atom. The molecule has 3 aromatic heterocycles. The van der Waals surface area contributed by atoms with E-state index in [4.69, 9.17) is 4.74 Å². The van der Waals surface area contributed by atoms with E-state index in [0.717, 1.165) is 48.3 Å². The standard InChI is InChI=1S/C22H28N6O3/c1-14(29)12-27-7-6-17(27)13-31-19-11-23-26(2)21(19)16-5-8-28-18(9-16)10-20(25-28)24-22(30)15-3-4-15/h5,8-11,14-15,17,29H,3-4,6-7,12-13H2,1-2H3,(H,24,25,30)/t14-,17-/m1/s1. The number of hydrogen-bond acceptors (Lipinski definition) is 6. The molecule has 9 nitrogen and oxygen atoms in total. The quantitative estimate of drug-likeness (QED) is 0.574. The fraction of sp³-hybridized carbons (Fsp3) is 0.500. The molecule has 1 aliphatic heterocycles. The summed E-state index contributed by atoms with van der Waals surface area (Å²) in [5.74, 6) is 1.49. The van der Waals surface area contributed by atoms with Gasteiger partial charge in [-0.25, -0.2) is 4.52 Å². The average Bonchev–Trinajstić information content (AvgIpc) is 3.40. The van der Waals surface area contributed by atoms with Gasteiger partial charge in [-0.2, -0.15) is 10.2 Å². The number of aromatic nitrogens is 4. The minimum absolute atomic E-state index is 0.0478. The van der Waals surface area contributed by atoms with Crippen molar-refractivity contribution in [2.24, 2.45) is 13.0 Å². The van der Waals surface area contributed by atoms with Gasteiger partial charge in [0.05, 0.1) is 17.8 Å². The summed E-state index contributed by atoms with van der Waals surface area (Å²) < 4.78 is 9.71. The summed E-state index contributed by atoms with van der Waals surface area (Å²) in [4.78, 5) is 14.3. The number of ether oxygens (including phenoxy) is 1. The van der Waals surface area contributed by atoms with Crippen molar-refractivity contribution in [3.8, 4) is 17.0 Å². The molecular weight excluding hydrogens is 396 g/mol. The summed E-state index contributed by atoms with van der Waals surface area (Å²) in [7, 11) is 1.90. The van der Waals surface area contributed by atoms with Crippen molar-refractivity contribution < 1.29 is 14.6 Å². The van der Waals surface area contributed by atoms with Crippen LogP contribution in [0.3, 0.4) is 0 Å². The van der Waals surface area contributed by atoms with E-state index in [1.54, 1.807) is 10.7 Å². The number of aliphatic hydroxyl groups excluding tert-OH is 1. The Bertz CT molecular complexity index is 1100. The van der Waals surface area contributed by atoms with Gasteiger partial charge in [0.1, 0.15) is 12.3 Å². The van der Waals surface area contributed by atoms with Crippen LogP contribution in [0.15, 0.2) is 30.6 Å². The number of amides is 1. The Labute approximate surface area is 180 Å². The number of pyridine rings is 1. The van der Waals surface area contributed by atoms with Gasteiger partial charge >= 0.3 is 0 Å². The third kappa shape index (κ3) is 4.15. The number of rotatable bonds is 8. The first-order valence-corrected chi connectivity index (χ1v) is 10.9. The number of nitrogens with one attached hydrogen (secondary N) is 1. The molecule has 2 fully saturated rings. The lowest BCUT2D eigenvalue weighted by atomic mass is 10.0. The maximum Gasteiger partial charge on any atom is 0.228 e. The fourth-order valence-electron chi connectivity index (χ4n) is 4.08. The summed E-state index contributed by atoms with van der Waals surface area (Å²) in [5.41, 5.74) is 2.75. The Balaban J connectivity index is 1.32. The molecule has 5 rings (SSSR count). The van der Waals surface area contributed by atoms with Gasteiger partial charge in [0.2, 0.25) is 5.91 Å². The van der Waals surface area contributed by atoms with Gasteiger partial charge < -0.3 is 15.2 Å². The molecule has 0 aromatic carbocycles. The number of carbonyl (C=O) groups excluding carboxylic acids is 1. The maximum atomic E-state index is 12.0. The summed E-state index contributed by atoms with van der Waals surface area (Å²) >= 11 is 0. The van der Waals surface area contributed by atoms with E-state index < -0.39 is 0 Å². The zero-order chi connectivity index (χ0) is 21.5. The largest absolute Gasteiger partial charge is 0.488 e. The predicted octanol–water partition coefficient (Wildman–Crippen LogP) is 1.92. The second-order valence-electron chi connectivity index (χ2n) is 8.66. The van der Waals surface area contributed by atoms with Crippen molar-refractivity contribution in [2.45, 2.75) is 38.3 Å². The van der Waals surface area contributed by atoms with Gasteiger partial charge in [-0.1, -0.05) is 0 Å². The van der Waals surface area contributed by atoms with Crippen LogP contribution in [0.2, 0.25) is 0 Å². The van der Waals surface area contributed by atoms with Gasteiger partial charge in [0, 0.05) is 49.9 Å². The first kappa shape index (κ1) is 20.0. The van der Waals surface area contributed by atoms with E-state index in [9.17, 15) is 9.90 Å². The molecule has 1 saturated heterocycles. The Hall–Kier alpha value is -2.91. The van der Waals surface area contributed by atoms with Crippen molar-refractivity contribution in [3.05, 3.63) is 30.6 Å². The van der Waals surface area contributed by atoms with E-state index in [1.165, 1.54) is 0 Å². The smallest absolute Gasteiger partial charge is 0.228 e. The van der Waals surface area contributed by atoms with Crippen LogP contribution in [0, 0.1) is 5.92 Å². The molecule has 1 saturated carbocycles. The van der Waals surface area contributed by atoms with Gasteiger partial charge in [0.15, 0.2) is 11.6 Å². The molecule has 0 spiro atoms. The molecule has 164 valence electrons. The normalized spacial score (nSPS) is 19.9. The van der Waals surface area contributed by atoms with E-state index in [-0.39, 0.29) is 17.9 Å². The topological polar surface area (TPSA) is 96.9 Å². The number of fused-ring (bicyclic) bond motifs is 1. The third-order valence-corrected chi connectivity index (χ3v) is 6.04. The summed E-state index contributed by atoms with van der Waals surface area (Å²) in [6.07, 6.45) is 6.28. The van der Waals surface area contributed by atoms with Gasteiger partial charge in [-0.3, -0.25) is 14.4 Å². The highest BCUT2D eigenvalue weighted by atomic mass is 16.5. The highest BCUT2D eigenvalue weighted by molar-refractivity contribution is 5.93. The minimum atomic E-state index is -0.335. The second-order valence-corrected chi connectivity index (χ2v) is 8.66. The van der Waals surface area contributed by atoms with Crippen molar-refractivity contribution in [3.63, 3.8) is 0 Å². The molecule has 0 bridgehead atoms. The van der Waals surface area contributed by atoms with E-state index in [0.29, 0.717) is 25.0 Å². The number of carbonyl (C=O) groups is 1.